The van der Waals surface area contributed by atoms with Crippen LogP contribution < -0.4 is 0 Å². The molecule has 1 aliphatic carbocycles. The number of rotatable bonds is 5. The van der Waals surface area contributed by atoms with E-state index in [0.29, 0.717) is 6.04 Å². The maximum Gasteiger partial charge on any atom is 0.0560 e. The molecule has 0 N–H and O–H groups in total. The third kappa shape index (κ3) is 5.09. The highest BCUT2D eigenvalue weighted by Gasteiger charge is 2.19. The second-order valence-corrected chi connectivity index (χ2v) is 16.3. The number of thiophene rings is 1. The minimum atomic E-state index is 0.311. The van der Waals surface area contributed by atoms with Crippen molar-refractivity contribution in [1.82, 2.24) is 9.13 Å². The van der Waals surface area contributed by atoms with Crippen molar-refractivity contribution in [3.63, 3.8) is 0 Å². The van der Waals surface area contributed by atoms with Crippen LogP contribution in [-0.2, 0) is 0 Å². The molecule has 0 radical (unpaired) electrons. The van der Waals surface area contributed by atoms with E-state index in [9.17, 15) is 0 Å². The SMILES string of the molecule is C1=CCC(n2c3ccccc3c3cc(-c4ccccc4-c4ccc5sc6ccc(-n7c8ccccc8c8cc(-c9ccccc9)ccc87)cc6c5c4)ccc32)C=C1. The topological polar surface area (TPSA) is 9.86 Å². The van der Waals surface area contributed by atoms with Crippen molar-refractivity contribution >= 4 is 75.1 Å². The zero-order chi connectivity index (χ0) is 37.5. The van der Waals surface area contributed by atoms with Gasteiger partial charge in [-0.15, -0.1) is 11.3 Å². The van der Waals surface area contributed by atoms with Crippen molar-refractivity contribution in [1.29, 1.82) is 0 Å². The van der Waals surface area contributed by atoms with Crippen LogP contribution in [0.4, 0.5) is 0 Å². The lowest BCUT2D eigenvalue weighted by atomic mass is 9.93. The number of fused-ring (bicyclic) bond motifs is 9. The number of benzene rings is 8. The molecule has 1 aliphatic rings. The lowest BCUT2D eigenvalue weighted by molar-refractivity contribution is 0.648. The summed E-state index contributed by atoms with van der Waals surface area (Å²) in [7, 11) is 0. The van der Waals surface area contributed by atoms with Gasteiger partial charge >= 0.3 is 0 Å². The highest BCUT2D eigenvalue weighted by atomic mass is 32.1. The standard InChI is InChI=1S/C54H36N2S/c1-3-13-35(14-4-1)36-23-27-52-45(31-36)43-19-10-12-22-50(43)56(52)40-26-30-54-48(34-40)47-33-38(25-29-53(47)57-54)42-18-8-7-17-41(42)37-24-28-51-46(32-37)44-20-9-11-21-49(44)55(51)39-15-5-2-6-16-39/h1-15,17-34,39H,16H2. The first-order valence-electron chi connectivity index (χ1n) is 19.8. The summed E-state index contributed by atoms with van der Waals surface area (Å²) in [6, 6.07) is 65.6. The molecule has 8 aromatic carbocycles. The van der Waals surface area contributed by atoms with Gasteiger partial charge in [0.05, 0.1) is 17.1 Å². The van der Waals surface area contributed by atoms with Crippen molar-refractivity contribution in [2.75, 3.05) is 0 Å². The Morgan fingerprint density at radius 2 is 0.965 bits per heavy atom. The fourth-order valence-electron chi connectivity index (χ4n) is 9.41. The Kier molecular flexibility index (Phi) is 7.26. The Morgan fingerprint density at radius 3 is 1.75 bits per heavy atom. The molecule has 0 saturated carbocycles. The summed E-state index contributed by atoms with van der Waals surface area (Å²) in [4.78, 5) is 0. The van der Waals surface area contributed by atoms with Gasteiger partial charge < -0.3 is 9.13 Å². The molecule has 0 spiro atoms. The first kappa shape index (κ1) is 32.3. The summed E-state index contributed by atoms with van der Waals surface area (Å²) in [6.07, 6.45) is 9.94. The van der Waals surface area contributed by atoms with E-state index in [0.717, 1.165) is 6.42 Å². The van der Waals surface area contributed by atoms with Gasteiger partial charge in [0.15, 0.2) is 0 Å². The average molecular weight is 745 g/mol. The molecule has 0 saturated heterocycles. The number of para-hydroxylation sites is 2. The zero-order valence-electron chi connectivity index (χ0n) is 31.1. The van der Waals surface area contributed by atoms with E-state index in [1.54, 1.807) is 0 Å². The lowest BCUT2D eigenvalue weighted by Gasteiger charge is -2.18. The molecule has 1 unspecified atom stereocenters. The number of aromatic nitrogens is 2. The molecule has 0 bridgehead atoms. The summed E-state index contributed by atoms with van der Waals surface area (Å²) >= 11 is 1.87. The maximum absolute atomic E-state index is 2.52. The van der Waals surface area contributed by atoms with E-state index in [2.05, 4.69) is 209 Å². The number of hydrogen-bond acceptors (Lipinski definition) is 1. The van der Waals surface area contributed by atoms with E-state index in [1.165, 1.54) is 103 Å². The first-order chi connectivity index (χ1) is 28.3. The fraction of sp³-hybridized carbons (Fsp3) is 0.0370. The lowest BCUT2D eigenvalue weighted by Crippen LogP contribution is -2.06. The number of allylic oxidation sites excluding steroid dienone is 4. The molecular weight excluding hydrogens is 709 g/mol. The maximum atomic E-state index is 2.52. The van der Waals surface area contributed by atoms with E-state index < -0.39 is 0 Å². The summed E-state index contributed by atoms with van der Waals surface area (Å²) in [6.45, 7) is 0. The molecule has 3 heterocycles. The molecule has 3 aromatic heterocycles. The van der Waals surface area contributed by atoms with Gasteiger partial charge in [-0.1, -0.05) is 133 Å². The summed E-state index contributed by atoms with van der Waals surface area (Å²) in [5.74, 6) is 0. The van der Waals surface area contributed by atoms with Crippen LogP contribution in [0.5, 0.6) is 0 Å². The molecule has 11 aromatic rings. The Labute approximate surface area is 334 Å². The number of hydrogen-bond donors (Lipinski definition) is 0. The normalized spacial score (nSPS) is 14.3. The molecular formula is C54H36N2S. The van der Waals surface area contributed by atoms with Crippen LogP contribution >= 0.6 is 11.3 Å². The molecule has 0 amide bonds. The second-order valence-electron chi connectivity index (χ2n) is 15.2. The number of nitrogens with zero attached hydrogens (tertiary/aromatic N) is 2. The monoisotopic (exact) mass is 744 g/mol. The summed E-state index contributed by atoms with van der Waals surface area (Å²) < 4.78 is 7.57. The predicted molar refractivity (Wildman–Crippen MR) is 245 cm³/mol. The van der Waals surface area contributed by atoms with Gasteiger partial charge in [-0.25, -0.2) is 0 Å². The van der Waals surface area contributed by atoms with Gasteiger partial charge in [-0.05, 0) is 107 Å². The zero-order valence-corrected chi connectivity index (χ0v) is 32.0. The Hall–Kier alpha value is -6.94. The average Bonchev–Trinajstić information content (AvgIpc) is 3.93. The van der Waals surface area contributed by atoms with Gasteiger partial charge in [0.1, 0.15) is 0 Å². The van der Waals surface area contributed by atoms with Crippen molar-refractivity contribution in [2.45, 2.75) is 12.5 Å². The van der Waals surface area contributed by atoms with E-state index in [1.807, 2.05) is 11.3 Å². The van der Waals surface area contributed by atoms with E-state index in [4.69, 9.17) is 0 Å². The Balaban J connectivity index is 0.990. The van der Waals surface area contributed by atoms with Gasteiger partial charge in [0, 0.05) is 58.4 Å². The molecule has 3 heteroatoms. The van der Waals surface area contributed by atoms with Crippen molar-refractivity contribution in [3.8, 4) is 39.1 Å². The second kappa shape index (κ2) is 12.8. The van der Waals surface area contributed by atoms with Crippen LogP contribution in [0.3, 0.4) is 0 Å². The van der Waals surface area contributed by atoms with Gasteiger partial charge in [-0.3, -0.25) is 0 Å². The van der Waals surface area contributed by atoms with Gasteiger partial charge in [0.25, 0.3) is 0 Å². The molecule has 2 nitrogen and oxygen atoms in total. The third-order valence-corrected chi connectivity index (χ3v) is 13.2. The van der Waals surface area contributed by atoms with Gasteiger partial charge in [-0.2, -0.15) is 0 Å². The first-order valence-corrected chi connectivity index (χ1v) is 20.6. The molecule has 0 fully saturated rings. The van der Waals surface area contributed by atoms with Gasteiger partial charge in [0.2, 0.25) is 0 Å². The minimum Gasteiger partial charge on any atom is -0.333 e. The minimum absolute atomic E-state index is 0.311. The Morgan fingerprint density at radius 1 is 0.404 bits per heavy atom. The highest BCUT2D eigenvalue weighted by Crippen LogP contribution is 2.43. The molecule has 1 atom stereocenters. The van der Waals surface area contributed by atoms with Crippen molar-refractivity contribution < 1.29 is 0 Å². The molecule has 12 rings (SSSR count). The van der Waals surface area contributed by atoms with Crippen LogP contribution in [0.2, 0.25) is 0 Å². The van der Waals surface area contributed by atoms with Crippen molar-refractivity contribution in [3.05, 3.63) is 200 Å². The predicted octanol–water partition coefficient (Wildman–Crippen LogP) is 15.3. The molecule has 57 heavy (non-hydrogen) atoms. The van der Waals surface area contributed by atoms with E-state index in [-0.39, 0.29) is 0 Å². The largest absolute Gasteiger partial charge is 0.333 e. The van der Waals surface area contributed by atoms with Crippen LogP contribution in [0.1, 0.15) is 12.5 Å². The van der Waals surface area contributed by atoms with E-state index >= 15 is 0 Å². The van der Waals surface area contributed by atoms with Crippen LogP contribution in [0, 0.1) is 0 Å². The third-order valence-electron chi connectivity index (χ3n) is 12.0. The highest BCUT2D eigenvalue weighted by molar-refractivity contribution is 7.25. The summed E-state index contributed by atoms with van der Waals surface area (Å²) in [5.41, 5.74) is 13.6. The van der Waals surface area contributed by atoms with Crippen LogP contribution in [0.15, 0.2) is 200 Å². The smallest absolute Gasteiger partial charge is 0.0560 e. The van der Waals surface area contributed by atoms with Crippen LogP contribution in [-0.4, -0.2) is 9.13 Å². The molecule has 268 valence electrons. The van der Waals surface area contributed by atoms with Crippen LogP contribution in [0.25, 0.3) is 103 Å². The summed E-state index contributed by atoms with van der Waals surface area (Å²) in [5, 5.41) is 7.73. The fourth-order valence-corrected chi connectivity index (χ4v) is 10.5. The van der Waals surface area contributed by atoms with Crippen molar-refractivity contribution in [2.24, 2.45) is 0 Å². The quantitative estimate of drug-likeness (QED) is 0.166. The molecule has 0 aliphatic heterocycles. The Bertz CT molecular complexity index is 3440.